The molecule has 0 fully saturated rings. The molecule has 0 rings (SSSR count). The van der Waals surface area contributed by atoms with Crippen molar-refractivity contribution in [2.75, 3.05) is 13.1 Å². The van der Waals surface area contributed by atoms with Gasteiger partial charge < -0.3 is 10.6 Å². The molecule has 0 unspecified atom stereocenters. The van der Waals surface area contributed by atoms with Crippen LogP contribution in [0.2, 0.25) is 0 Å². The Bertz CT molecular complexity index is 198. The van der Waals surface area contributed by atoms with E-state index < -0.39 is 0 Å². The topological polar surface area (TPSA) is 41.1 Å². The van der Waals surface area contributed by atoms with Gasteiger partial charge in [0.15, 0.2) is 0 Å². The first-order chi connectivity index (χ1) is 5.95. The fourth-order valence-electron chi connectivity index (χ4n) is 0.825. The fraction of sp³-hybridized carbons (Fsp3) is 0.700. The molecule has 1 amide bonds. The molecule has 3 nitrogen and oxygen atoms in total. The molecular weight excluding hydrogens is 164 g/mol. The van der Waals surface area contributed by atoms with Crippen LogP contribution in [0.1, 0.15) is 27.2 Å². The van der Waals surface area contributed by atoms with Crippen molar-refractivity contribution in [2.24, 2.45) is 0 Å². The molecule has 2 N–H and O–H groups in total. The van der Waals surface area contributed by atoms with Crippen molar-refractivity contribution in [3.63, 3.8) is 0 Å². The molecule has 0 heterocycles. The Kier molecular flexibility index (Phi) is 5.17. The van der Waals surface area contributed by atoms with Gasteiger partial charge in [0.25, 0.3) is 0 Å². The first-order valence-corrected chi connectivity index (χ1v) is 4.41. The summed E-state index contributed by atoms with van der Waals surface area (Å²) in [6, 6.07) is 0. The van der Waals surface area contributed by atoms with Gasteiger partial charge in [0.05, 0.1) is 6.54 Å². The van der Waals surface area contributed by atoms with Crippen LogP contribution in [-0.4, -0.2) is 24.5 Å². The van der Waals surface area contributed by atoms with Crippen molar-refractivity contribution in [3.05, 3.63) is 0 Å². The average Bonchev–Trinajstić information content (AvgIpc) is 1.94. The Morgan fingerprint density at radius 1 is 1.46 bits per heavy atom. The highest BCUT2D eigenvalue weighted by atomic mass is 16.2. The van der Waals surface area contributed by atoms with Gasteiger partial charge in [-0.25, -0.2) is 0 Å². The molecule has 0 aliphatic heterocycles. The normalized spacial score (nSPS) is 10.6. The summed E-state index contributed by atoms with van der Waals surface area (Å²) >= 11 is 0. The van der Waals surface area contributed by atoms with E-state index in [1.165, 1.54) is 0 Å². The van der Waals surface area contributed by atoms with Gasteiger partial charge in [0.2, 0.25) is 5.91 Å². The van der Waals surface area contributed by atoms with Crippen LogP contribution >= 0.6 is 0 Å². The maximum Gasteiger partial charge on any atom is 0.234 e. The van der Waals surface area contributed by atoms with Crippen molar-refractivity contribution in [1.29, 1.82) is 0 Å². The molecule has 0 aliphatic carbocycles. The van der Waals surface area contributed by atoms with Gasteiger partial charge in [-0.3, -0.25) is 4.79 Å². The first-order valence-electron chi connectivity index (χ1n) is 4.41. The third kappa shape index (κ3) is 8.90. The monoisotopic (exact) mass is 182 g/mol. The predicted octanol–water partition coefficient (Wildman–Crippen LogP) is 0.514. The van der Waals surface area contributed by atoms with Crippen LogP contribution in [-0.2, 0) is 4.79 Å². The lowest BCUT2D eigenvalue weighted by atomic mass is 10.1. The third-order valence-corrected chi connectivity index (χ3v) is 1.25. The van der Waals surface area contributed by atoms with Crippen LogP contribution in [0.25, 0.3) is 0 Å². The number of rotatable bonds is 4. The van der Waals surface area contributed by atoms with E-state index in [0.717, 1.165) is 0 Å². The van der Waals surface area contributed by atoms with Crippen LogP contribution in [0.15, 0.2) is 0 Å². The van der Waals surface area contributed by atoms with Gasteiger partial charge in [-0.2, -0.15) is 0 Å². The lowest BCUT2D eigenvalue weighted by Crippen LogP contribution is -2.44. The molecular formula is C10H18N2O. The molecule has 0 saturated heterocycles. The van der Waals surface area contributed by atoms with Gasteiger partial charge >= 0.3 is 0 Å². The SMILES string of the molecule is C#CCCNCC(=O)NC(C)(C)C. The second kappa shape index (κ2) is 5.60. The summed E-state index contributed by atoms with van der Waals surface area (Å²) in [5.41, 5.74) is -0.162. The van der Waals surface area contributed by atoms with Gasteiger partial charge in [0.1, 0.15) is 0 Å². The summed E-state index contributed by atoms with van der Waals surface area (Å²) in [5.74, 6) is 2.50. The summed E-state index contributed by atoms with van der Waals surface area (Å²) < 4.78 is 0. The van der Waals surface area contributed by atoms with E-state index in [2.05, 4.69) is 16.6 Å². The molecule has 74 valence electrons. The third-order valence-electron chi connectivity index (χ3n) is 1.25. The maximum atomic E-state index is 11.2. The van der Waals surface area contributed by atoms with E-state index >= 15 is 0 Å². The highest BCUT2D eigenvalue weighted by Crippen LogP contribution is 1.96. The molecule has 13 heavy (non-hydrogen) atoms. The van der Waals surface area contributed by atoms with Crippen LogP contribution < -0.4 is 10.6 Å². The zero-order valence-corrected chi connectivity index (χ0v) is 8.61. The zero-order chi connectivity index (χ0) is 10.3. The van der Waals surface area contributed by atoms with Crippen molar-refractivity contribution in [2.45, 2.75) is 32.7 Å². The van der Waals surface area contributed by atoms with Crippen LogP contribution in [0.4, 0.5) is 0 Å². The molecule has 0 aliphatic rings. The van der Waals surface area contributed by atoms with E-state index in [1.807, 2.05) is 20.8 Å². The number of carbonyl (C=O) groups is 1. The number of carbonyl (C=O) groups excluding carboxylic acids is 1. The lowest BCUT2D eigenvalue weighted by molar-refractivity contribution is -0.121. The second-order valence-electron chi connectivity index (χ2n) is 3.93. The zero-order valence-electron chi connectivity index (χ0n) is 8.61. The number of amides is 1. The van der Waals surface area contributed by atoms with Crippen molar-refractivity contribution >= 4 is 5.91 Å². The van der Waals surface area contributed by atoms with Gasteiger partial charge in [-0.05, 0) is 20.8 Å². The van der Waals surface area contributed by atoms with E-state index in [1.54, 1.807) is 0 Å². The Morgan fingerprint density at radius 2 is 2.08 bits per heavy atom. The molecule has 0 aromatic carbocycles. The summed E-state index contributed by atoms with van der Waals surface area (Å²) in [4.78, 5) is 11.2. The van der Waals surface area contributed by atoms with Crippen molar-refractivity contribution in [1.82, 2.24) is 10.6 Å². The summed E-state index contributed by atoms with van der Waals surface area (Å²) in [6.45, 7) is 6.87. The molecule has 0 aromatic rings. The van der Waals surface area contributed by atoms with E-state index in [9.17, 15) is 4.79 Å². The molecule has 0 bridgehead atoms. The van der Waals surface area contributed by atoms with Gasteiger partial charge in [0, 0.05) is 18.5 Å². The molecule has 0 spiro atoms. The summed E-state index contributed by atoms with van der Waals surface area (Å²) in [6.07, 6.45) is 5.71. The first kappa shape index (κ1) is 12.0. The minimum absolute atomic E-state index is 0.00419. The van der Waals surface area contributed by atoms with E-state index in [-0.39, 0.29) is 11.4 Å². The van der Waals surface area contributed by atoms with Crippen molar-refractivity contribution < 1.29 is 4.79 Å². The lowest BCUT2D eigenvalue weighted by Gasteiger charge is -2.20. The minimum Gasteiger partial charge on any atom is -0.350 e. The van der Waals surface area contributed by atoms with Gasteiger partial charge in [-0.1, -0.05) is 0 Å². The van der Waals surface area contributed by atoms with E-state index in [4.69, 9.17) is 6.42 Å². The highest BCUT2D eigenvalue weighted by molar-refractivity contribution is 5.78. The Labute approximate surface area is 80.3 Å². The Hall–Kier alpha value is -1.01. The van der Waals surface area contributed by atoms with Crippen LogP contribution in [0, 0.1) is 12.3 Å². The standard InChI is InChI=1S/C10H18N2O/c1-5-6-7-11-8-9(13)12-10(2,3)4/h1,11H,6-8H2,2-4H3,(H,12,13). The maximum absolute atomic E-state index is 11.2. The second-order valence-corrected chi connectivity index (χ2v) is 3.93. The van der Waals surface area contributed by atoms with Crippen LogP contribution in [0.5, 0.6) is 0 Å². The Morgan fingerprint density at radius 3 is 2.54 bits per heavy atom. The largest absolute Gasteiger partial charge is 0.350 e. The van der Waals surface area contributed by atoms with Crippen molar-refractivity contribution in [3.8, 4) is 12.3 Å². The molecule has 0 atom stereocenters. The highest BCUT2D eigenvalue weighted by Gasteiger charge is 2.12. The molecule has 3 heteroatoms. The quantitative estimate of drug-likeness (QED) is 0.491. The molecule has 0 saturated carbocycles. The average molecular weight is 182 g/mol. The predicted molar refractivity (Wildman–Crippen MR) is 54.2 cm³/mol. The van der Waals surface area contributed by atoms with Crippen LogP contribution in [0.3, 0.4) is 0 Å². The number of hydrogen-bond donors (Lipinski definition) is 2. The van der Waals surface area contributed by atoms with E-state index in [0.29, 0.717) is 19.5 Å². The minimum atomic E-state index is -0.162. The number of hydrogen-bond acceptors (Lipinski definition) is 2. The Balaban J connectivity index is 3.48. The van der Waals surface area contributed by atoms with Gasteiger partial charge in [-0.15, -0.1) is 12.3 Å². The summed E-state index contributed by atoms with van der Waals surface area (Å²) in [7, 11) is 0. The number of nitrogens with one attached hydrogen (secondary N) is 2. The molecule has 0 radical (unpaired) electrons. The molecule has 0 aromatic heterocycles. The summed E-state index contributed by atoms with van der Waals surface area (Å²) in [5, 5.41) is 5.80. The fourth-order valence-corrected chi connectivity index (χ4v) is 0.825. The number of terminal acetylenes is 1. The smallest absolute Gasteiger partial charge is 0.234 e.